The maximum Gasteiger partial charge on any atom is 0.150 e. The summed E-state index contributed by atoms with van der Waals surface area (Å²) in [5.74, 6) is -0.359. The summed E-state index contributed by atoms with van der Waals surface area (Å²) >= 11 is 3.24. The van der Waals surface area contributed by atoms with Gasteiger partial charge < -0.3 is 5.11 Å². The zero-order valence-corrected chi connectivity index (χ0v) is 12.0. The highest BCUT2D eigenvalue weighted by atomic mass is 79.9. The van der Waals surface area contributed by atoms with Crippen LogP contribution in [0.3, 0.4) is 0 Å². The third-order valence-corrected chi connectivity index (χ3v) is 5.79. The molecule has 0 spiro atoms. The van der Waals surface area contributed by atoms with E-state index in [2.05, 4.69) is 15.9 Å². The summed E-state index contributed by atoms with van der Waals surface area (Å²) in [4.78, 5) is 0. The average molecular weight is 337 g/mol. The van der Waals surface area contributed by atoms with Gasteiger partial charge in [-0.2, -0.15) is 0 Å². The van der Waals surface area contributed by atoms with Gasteiger partial charge in [0.25, 0.3) is 0 Å². The van der Waals surface area contributed by atoms with Crippen molar-refractivity contribution in [3.05, 3.63) is 34.1 Å². The fourth-order valence-electron chi connectivity index (χ4n) is 2.21. The van der Waals surface area contributed by atoms with Crippen LogP contribution in [0, 0.1) is 11.7 Å². The van der Waals surface area contributed by atoms with Crippen LogP contribution >= 0.6 is 15.9 Å². The Balaban J connectivity index is 2.05. The van der Waals surface area contributed by atoms with Gasteiger partial charge in [0.1, 0.15) is 5.82 Å². The lowest BCUT2D eigenvalue weighted by molar-refractivity contribution is 0.120. The molecule has 1 saturated heterocycles. The summed E-state index contributed by atoms with van der Waals surface area (Å²) in [6, 6.07) is 4.28. The molecule has 1 aliphatic heterocycles. The third-order valence-electron chi connectivity index (χ3n) is 3.26. The minimum Gasteiger partial charge on any atom is -0.392 e. The number of hydrogen-bond acceptors (Lipinski definition) is 3. The summed E-state index contributed by atoms with van der Waals surface area (Å²) in [5, 5.41) is 10.0. The van der Waals surface area contributed by atoms with Gasteiger partial charge in [0, 0.05) is 10.4 Å². The maximum atomic E-state index is 12.9. The Labute approximate surface area is 114 Å². The zero-order chi connectivity index (χ0) is 13.3. The van der Waals surface area contributed by atoms with Crippen LogP contribution in [0.2, 0.25) is 0 Å². The molecule has 0 amide bonds. The molecule has 0 aromatic heterocycles. The number of benzene rings is 1. The highest BCUT2D eigenvalue weighted by molar-refractivity contribution is 9.10. The Morgan fingerprint density at radius 1 is 1.50 bits per heavy atom. The second-order valence-electron chi connectivity index (χ2n) is 4.67. The van der Waals surface area contributed by atoms with E-state index in [1.54, 1.807) is 6.07 Å². The highest BCUT2D eigenvalue weighted by Crippen LogP contribution is 2.26. The topological polar surface area (TPSA) is 54.4 Å². The van der Waals surface area contributed by atoms with Crippen LogP contribution in [0.25, 0.3) is 0 Å². The number of aliphatic hydroxyl groups is 1. The second-order valence-corrected chi connectivity index (χ2v) is 7.75. The monoisotopic (exact) mass is 336 g/mol. The van der Waals surface area contributed by atoms with Crippen LogP contribution in [0.4, 0.5) is 4.39 Å². The van der Waals surface area contributed by atoms with Gasteiger partial charge in [-0.3, -0.25) is 0 Å². The van der Waals surface area contributed by atoms with Crippen LogP contribution < -0.4 is 0 Å². The Bertz CT molecular complexity index is 544. The number of sulfone groups is 1. The van der Waals surface area contributed by atoms with Crippen molar-refractivity contribution in [1.82, 2.24) is 0 Å². The van der Waals surface area contributed by atoms with Gasteiger partial charge in [0.05, 0.1) is 17.6 Å². The smallest absolute Gasteiger partial charge is 0.150 e. The highest BCUT2D eigenvalue weighted by Gasteiger charge is 2.32. The van der Waals surface area contributed by atoms with E-state index in [0.29, 0.717) is 17.3 Å². The molecule has 0 radical (unpaired) electrons. The first-order valence-electron chi connectivity index (χ1n) is 5.70. The molecule has 2 atom stereocenters. The maximum absolute atomic E-state index is 12.9. The molecule has 18 heavy (non-hydrogen) atoms. The van der Waals surface area contributed by atoms with Crippen molar-refractivity contribution in [3.63, 3.8) is 0 Å². The lowest BCUT2D eigenvalue weighted by Gasteiger charge is -2.17. The van der Waals surface area contributed by atoms with E-state index in [4.69, 9.17) is 0 Å². The third kappa shape index (κ3) is 3.30. The van der Waals surface area contributed by atoms with E-state index in [-0.39, 0.29) is 23.2 Å². The molecule has 0 aliphatic carbocycles. The van der Waals surface area contributed by atoms with Crippen LogP contribution in [-0.4, -0.2) is 31.1 Å². The summed E-state index contributed by atoms with van der Waals surface area (Å²) in [6.07, 6.45) is 0.132. The van der Waals surface area contributed by atoms with E-state index < -0.39 is 15.9 Å². The SMILES string of the molecule is O=S1(=O)CCC(C(O)Cc2ccc(F)cc2Br)C1. The molecule has 0 saturated carbocycles. The number of aliphatic hydroxyl groups excluding tert-OH is 1. The quantitative estimate of drug-likeness (QED) is 0.917. The normalized spacial score (nSPS) is 24.1. The molecule has 1 aliphatic rings. The first-order chi connectivity index (χ1) is 8.37. The standard InChI is InChI=1S/C12H14BrFO3S/c13-11-6-10(14)2-1-8(11)5-12(15)9-3-4-18(16,17)7-9/h1-2,6,9,12,15H,3-5,7H2. The van der Waals surface area contributed by atoms with Crippen LogP contribution in [0.15, 0.2) is 22.7 Å². The fourth-order valence-corrected chi connectivity index (χ4v) is 4.59. The van der Waals surface area contributed by atoms with Gasteiger partial charge in [-0.05, 0) is 30.5 Å². The van der Waals surface area contributed by atoms with Crippen molar-refractivity contribution in [2.45, 2.75) is 18.9 Å². The Kier molecular flexibility index (Phi) is 4.08. The minimum atomic E-state index is -2.98. The van der Waals surface area contributed by atoms with E-state index in [0.717, 1.165) is 5.56 Å². The van der Waals surface area contributed by atoms with Crippen molar-refractivity contribution in [2.75, 3.05) is 11.5 Å². The van der Waals surface area contributed by atoms with Gasteiger partial charge in [0.2, 0.25) is 0 Å². The molecule has 2 rings (SSSR count). The number of rotatable bonds is 3. The Morgan fingerprint density at radius 2 is 2.22 bits per heavy atom. The molecule has 1 aromatic carbocycles. The van der Waals surface area contributed by atoms with E-state index in [1.165, 1.54) is 12.1 Å². The largest absolute Gasteiger partial charge is 0.392 e. The second kappa shape index (κ2) is 5.27. The molecule has 1 N–H and O–H groups in total. The molecule has 1 fully saturated rings. The fraction of sp³-hybridized carbons (Fsp3) is 0.500. The van der Waals surface area contributed by atoms with Gasteiger partial charge in [-0.25, -0.2) is 12.8 Å². The van der Waals surface area contributed by atoms with E-state index in [1.807, 2.05) is 0 Å². The van der Waals surface area contributed by atoms with Gasteiger partial charge >= 0.3 is 0 Å². The Morgan fingerprint density at radius 3 is 2.78 bits per heavy atom. The lowest BCUT2D eigenvalue weighted by atomic mass is 9.96. The van der Waals surface area contributed by atoms with Crippen molar-refractivity contribution >= 4 is 25.8 Å². The molecule has 2 unspecified atom stereocenters. The minimum absolute atomic E-state index is 0.0486. The van der Waals surface area contributed by atoms with Crippen molar-refractivity contribution < 1.29 is 17.9 Å². The predicted molar refractivity (Wildman–Crippen MR) is 70.6 cm³/mol. The van der Waals surface area contributed by atoms with Gasteiger partial charge in [-0.15, -0.1) is 0 Å². The first kappa shape index (κ1) is 14.0. The van der Waals surface area contributed by atoms with Crippen molar-refractivity contribution in [1.29, 1.82) is 0 Å². The van der Waals surface area contributed by atoms with Gasteiger partial charge in [0.15, 0.2) is 9.84 Å². The summed E-state index contributed by atoms with van der Waals surface area (Å²) < 4.78 is 36.2. The molecule has 1 heterocycles. The van der Waals surface area contributed by atoms with Gasteiger partial charge in [-0.1, -0.05) is 22.0 Å². The van der Waals surface area contributed by atoms with E-state index in [9.17, 15) is 17.9 Å². The molecule has 6 heteroatoms. The molecule has 1 aromatic rings. The lowest BCUT2D eigenvalue weighted by Crippen LogP contribution is -2.24. The first-order valence-corrected chi connectivity index (χ1v) is 8.31. The van der Waals surface area contributed by atoms with Crippen molar-refractivity contribution in [3.8, 4) is 0 Å². The number of halogens is 2. The van der Waals surface area contributed by atoms with Crippen LogP contribution in [-0.2, 0) is 16.3 Å². The molecule has 100 valence electrons. The molecule has 3 nitrogen and oxygen atoms in total. The molecule has 0 bridgehead atoms. The van der Waals surface area contributed by atoms with E-state index >= 15 is 0 Å². The summed E-state index contributed by atoms with van der Waals surface area (Å²) in [5.41, 5.74) is 0.785. The van der Waals surface area contributed by atoms with Crippen LogP contribution in [0.5, 0.6) is 0 Å². The van der Waals surface area contributed by atoms with Crippen molar-refractivity contribution in [2.24, 2.45) is 5.92 Å². The number of hydrogen-bond donors (Lipinski definition) is 1. The average Bonchev–Trinajstić information content (AvgIpc) is 2.63. The van der Waals surface area contributed by atoms with Crippen LogP contribution in [0.1, 0.15) is 12.0 Å². The molecular weight excluding hydrogens is 323 g/mol. The summed E-state index contributed by atoms with van der Waals surface area (Å²) in [6.45, 7) is 0. The predicted octanol–water partition coefficient (Wildman–Crippen LogP) is 1.93. The summed E-state index contributed by atoms with van der Waals surface area (Å²) in [7, 11) is -2.98. The zero-order valence-electron chi connectivity index (χ0n) is 9.64. The molecular formula is C12H14BrFO3S. The Hall–Kier alpha value is -0.460.